The van der Waals surface area contributed by atoms with Crippen LogP contribution in [0, 0.1) is 0 Å². The van der Waals surface area contributed by atoms with E-state index in [1.165, 1.54) is 0 Å². The standard InChI is InChI=1S/C21H25N3O3/c1-27-19-8-5-13-24(15-19)18-11-9-17(10-12-18)23-20(25)14-22-21(26)16-6-3-2-4-7-16/h2-4,6-7,9-12,19H,5,8,13-15H2,1H3,(H,22,26)(H,23,25)/t19-/m0/s1. The Balaban J connectivity index is 1.49. The van der Waals surface area contributed by atoms with Crippen molar-refractivity contribution in [3.8, 4) is 0 Å². The van der Waals surface area contributed by atoms with E-state index in [9.17, 15) is 9.59 Å². The van der Waals surface area contributed by atoms with E-state index in [4.69, 9.17) is 4.74 Å². The molecule has 0 aromatic heterocycles. The lowest BCUT2D eigenvalue weighted by Gasteiger charge is -2.33. The van der Waals surface area contributed by atoms with Crippen molar-refractivity contribution >= 4 is 23.2 Å². The third-order valence-electron chi connectivity index (χ3n) is 4.67. The van der Waals surface area contributed by atoms with Gasteiger partial charge in [-0.2, -0.15) is 0 Å². The zero-order chi connectivity index (χ0) is 19.1. The highest BCUT2D eigenvalue weighted by Crippen LogP contribution is 2.22. The number of rotatable bonds is 6. The summed E-state index contributed by atoms with van der Waals surface area (Å²) in [4.78, 5) is 26.3. The van der Waals surface area contributed by atoms with Crippen LogP contribution in [-0.2, 0) is 9.53 Å². The fourth-order valence-electron chi connectivity index (χ4n) is 3.18. The Morgan fingerprint density at radius 1 is 1.11 bits per heavy atom. The van der Waals surface area contributed by atoms with Gasteiger partial charge in [0, 0.05) is 37.1 Å². The van der Waals surface area contributed by atoms with E-state index < -0.39 is 0 Å². The topological polar surface area (TPSA) is 70.7 Å². The number of hydrogen-bond donors (Lipinski definition) is 2. The summed E-state index contributed by atoms with van der Waals surface area (Å²) < 4.78 is 5.46. The molecular formula is C21H25N3O3. The van der Waals surface area contributed by atoms with Crippen LogP contribution in [0.3, 0.4) is 0 Å². The summed E-state index contributed by atoms with van der Waals surface area (Å²) >= 11 is 0. The molecule has 1 saturated heterocycles. The van der Waals surface area contributed by atoms with E-state index in [0.29, 0.717) is 11.3 Å². The minimum absolute atomic E-state index is 0.0723. The first kappa shape index (κ1) is 18.9. The quantitative estimate of drug-likeness (QED) is 0.824. The molecule has 142 valence electrons. The monoisotopic (exact) mass is 367 g/mol. The Hall–Kier alpha value is -2.86. The molecule has 2 aromatic rings. The molecule has 6 nitrogen and oxygen atoms in total. The van der Waals surface area contributed by atoms with Gasteiger partial charge in [-0.1, -0.05) is 18.2 Å². The molecule has 0 aliphatic carbocycles. The number of methoxy groups -OCH3 is 1. The van der Waals surface area contributed by atoms with E-state index in [0.717, 1.165) is 31.6 Å². The second-order valence-corrected chi connectivity index (χ2v) is 6.59. The summed E-state index contributed by atoms with van der Waals surface area (Å²) in [5.41, 5.74) is 2.36. The highest BCUT2D eigenvalue weighted by atomic mass is 16.5. The molecule has 6 heteroatoms. The van der Waals surface area contributed by atoms with Gasteiger partial charge < -0.3 is 20.3 Å². The van der Waals surface area contributed by atoms with Crippen LogP contribution in [0.4, 0.5) is 11.4 Å². The maximum atomic E-state index is 12.1. The van der Waals surface area contributed by atoms with Crippen molar-refractivity contribution in [1.29, 1.82) is 0 Å². The highest BCUT2D eigenvalue weighted by molar-refractivity contribution is 5.99. The van der Waals surface area contributed by atoms with Crippen LogP contribution >= 0.6 is 0 Å². The number of nitrogens with one attached hydrogen (secondary N) is 2. The average molecular weight is 367 g/mol. The molecule has 3 rings (SSSR count). The Bertz CT molecular complexity index is 762. The van der Waals surface area contributed by atoms with Crippen LogP contribution < -0.4 is 15.5 Å². The van der Waals surface area contributed by atoms with Crippen molar-refractivity contribution in [3.63, 3.8) is 0 Å². The molecule has 1 aliphatic heterocycles. The van der Waals surface area contributed by atoms with E-state index in [2.05, 4.69) is 15.5 Å². The van der Waals surface area contributed by atoms with Crippen molar-refractivity contribution in [2.24, 2.45) is 0 Å². The van der Waals surface area contributed by atoms with Gasteiger partial charge in [-0.25, -0.2) is 0 Å². The van der Waals surface area contributed by atoms with Gasteiger partial charge in [0.1, 0.15) is 0 Å². The second kappa shape index (κ2) is 9.19. The number of benzene rings is 2. The molecule has 0 bridgehead atoms. The Morgan fingerprint density at radius 2 is 1.85 bits per heavy atom. The molecule has 0 radical (unpaired) electrons. The van der Waals surface area contributed by atoms with Gasteiger partial charge in [-0.3, -0.25) is 9.59 Å². The van der Waals surface area contributed by atoms with E-state index >= 15 is 0 Å². The fraction of sp³-hybridized carbons (Fsp3) is 0.333. The van der Waals surface area contributed by atoms with E-state index in [-0.39, 0.29) is 24.5 Å². The molecular weight excluding hydrogens is 342 g/mol. The third kappa shape index (κ3) is 5.31. The van der Waals surface area contributed by atoms with Gasteiger partial charge in [0.2, 0.25) is 5.91 Å². The molecule has 1 heterocycles. The number of nitrogens with zero attached hydrogens (tertiary/aromatic N) is 1. The van der Waals surface area contributed by atoms with E-state index in [1.807, 2.05) is 30.3 Å². The van der Waals surface area contributed by atoms with Crippen LogP contribution in [0.5, 0.6) is 0 Å². The zero-order valence-electron chi connectivity index (χ0n) is 15.5. The highest BCUT2D eigenvalue weighted by Gasteiger charge is 2.19. The molecule has 2 aromatic carbocycles. The first-order valence-corrected chi connectivity index (χ1v) is 9.16. The maximum absolute atomic E-state index is 12.1. The summed E-state index contributed by atoms with van der Waals surface area (Å²) in [6, 6.07) is 16.6. The lowest BCUT2D eigenvalue weighted by molar-refractivity contribution is -0.115. The predicted octanol–water partition coefficient (Wildman–Crippen LogP) is 2.67. The zero-order valence-corrected chi connectivity index (χ0v) is 15.5. The van der Waals surface area contributed by atoms with Crippen molar-refractivity contribution in [2.45, 2.75) is 18.9 Å². The number of hydrogen-bond acceptors (Lipinski definition) is 4. The molecule has 0 unspecified atom stereocenters. The number of amides is 2. The number of piperidine rings is 1. The minimum atomic E-state index is -0.265. The molecule has 27 heavy (non-hydrogen) atoms. The summed E-state index contributed by atoms with van der Waals surface area (Å²) in [5.74, 6) is -0.525. The average Bonchev–Trinajstić information content (AvgIpc) is 2.73. The van der Waals surface area contributed by atoms with Crippen LogP contribution in [0.15, 0.2) is 54.6 Å². The van der Waals surface area contributed by atoms with Crippen molar-refractivity contribution < 1.29 is 14.3 Å². The van der Waals surface area contributed by atoms with Crippen LogP contribution in [0.2, 0.25) is 0 Å². The summed E-state index contributed by atoms with van der Waals surface area (Å²) in [6.45, 7) is 1.82. The van der Waals surface area contributed by atoms with Crippen LogP contribution in [-0.4, -0.2) is 44.7 Å². The number of carbonyl (C=O) groups is 2. The molecule has 0 spiro atoms. The van der Waals surface area contributed by atoms with Crippen molar-refractivity contribution in [3.05, 3.63) is 60.2 Å². The van der Waals surface area contributed by atoms with Crippen molar-refractivity contribution in [2.75, 3.05) is 37.0 Å². The molecule has 2 amide bonds. The van der Waals surface area contributed by atoms with Gasteiger partial charge in [0.05, 0.1) is 12.6 Å². The number of carbonyl (C=O) groups excluding carboxylic acids is 2. The molecule has 1 aliphatic rings. The minimum Gasteiger partial charge on any atom is -0.380 e. The first-order chi connectivity index (χ1) is 13.2. The first-order valence-electron chi connectivity index (χ1n) is 9.16. The lowest BCUT2D eigenvalue weighted by Crippen LogP contribution is -2.39. The van der Waals surface area contributed by atoms with Crippen molar-refractivity contribution in [1.82, 2.24) is 5.32 Å². The van der Waals surface area contributed by atoms with Gasteiger partial charge in [0.25, 0.3) is 5.91 Å². The summed E-state index contributed by atoms with van der Waals surface area (Å²) in [7, 11) is 1.75. The van der Waals surface area contributed by atoms with E-state index in [1.54, 1.807) is 31.4 Å². The number of ether oxygens (including phenoxy) is 1. The largest absolute Gasteiger partial charge is 0.380 e. The maximum Gasteiger partial charge on any atom is 0.251 e. The van der Waals surface area contributed by atoms with Gasteiger partial charge in [-0.15, -0.1) is 0 Å². The lowest BCUT2D eigenvalue weighted by atomic mass is 10.1. The number of anilines is 2. The third-order valence-corrected chi connectivity index (χ3v) is 4.67. The molecule has 2 N–H and O–H groups in total. The molecule has 1 fully saturated rings. The molecule has 1 atom stereocenters. The van der Waals surface area contributed by atoms with Crippen LogP contribution in [0.1, 0.15) is 23.2 Å². The van der Waals surface area contributed by atoms with Crippen LogP contribution in [0.25, 0.3) is 0 Å². The normalized spacial score (nSPS) is 16.6. The Morgan fingerprint density at radius 3 is 2.56 bits per heavy atom. The molecule has 0 saturated carbocycles. The predicted molar refractivity (Wildman–Crippen MR) is 106 cm³/mol. The summed E-state index contributed by atoms with van der Waals surface area (Å²) in [5, 5.41) is 5.42. The van der Waals surface area contributed by atoms with Gasteiger partial charge >= 0.3 is 0 Å². The van der Waals surface area contributed by atoms with Gasteiger partial charge in [0.15, 0.2) is 0 Å². The SMILES string of the molecule is CO[C@H]1CCCN(c2ccc(NC(=O)CNC(=O)c3ccccc3)cc2)C1. The Kier molecular flexibility index (Phi) is 6.44. The Labute approximate surface area is 159 Å². The fourth-order valence-corrected chi connectivity index (χ4v) is 3.18. The summed E-state index contributed by atoms with van der Waals surface area (Å²) in [6.07, 6.45) is 2.47. The van der Waals surface area contributed by atoms with Gasteiger partial charge in [-0.05, 0) is 49.2 Å². The second-order valence-electron chi connectivity index (χ2n) is 6.59. The smallest absolute Gasteiger partial charge is 0.251 e.